The number of thiophene rings is 1. The molecule has 0 radical (unpaired) electrons. The molecular weight excluding hydrogens is 361 g/mol. The Morgan fingerprint density at radius 3 is 2.67 bits per heavy atom. The highest BCUT2D eigenvalue weighted by Crippen LogP contribution is 2.39. The molecule has 2 aromatic rings. The third-order valence-electron chi connectivity index (χ3n) is 2.68. The van der Waals surface area contributed by atoms with E-state index in [1.165, 1.54) is 18.4 Å². The zero-order valence-electron chi connectivity index (χ0n) is 9.99. The zero-order valence-corrected chi connectivity index (χ0v) is 13.0. The molecule has 0 fully saturated rings. The van der Waals surface area contributed by atoms with Gasteiger partial charge in [-0.1, -0.05) is 18.2 Å². The van der Waals surface area contributed by atoms with E-state index in [0.29, 0.717) is 10.6 Å². The van der Waals surface area contributed by atoms with E-state index < -0.39 is 0 Å². The second-order valence-electron chi connectivity index (χ2n) is 3.77. The van der Waals surface area contributed by atoms with E-state index in [2.05, 4.69) is 22.6 Å². The second-order valence-corrected chi connectivity index (χ2v) is 5.95. The third-order valence-corrected chi connectivity index (χ3v) is 4.94. The summed E-state index contributed by atoms with van der Waals surface area (Å²) < 4.78 is 5.88. The zero-order chi connectivity index (χ0) is 13.3. The molecule has 0 atom stereocenters. The topological polar surface area (TPSA) is 52.3 Å². The minimum absolute atomic E-state index is 0.377. The highest BCUT2D eigenvalue weighted by Gasteiger charge is 2.20. The second kappa shape index (κ2) is 5.27. The molecule has 18 heavy (non-hydrogen) atoms. The molecule has 0 spiro atoms. The predicted molar refractivity (Wildman–Crippen MR) is 83.0 cm³/mol. The molecule has 2 N–H and O–H groups in total. The van der Waals surface area contributed by atoms with Gasteiger partial charge in [-0.05, 0) is 41.1 Å². The predicted octanol–water partition coefficient (Wildman–Crippen LogP) is 3.70. The molecule has 0 bridgehead atoms. The molecule has 0 unspecified atom stereocenters. The summed E-state index contributed by atoms with van der Waals surface area (Å²) in [7, 11) is 1.36. The monoisotopic (exact) mass is 373 g/mol. The van der Waals surface area contributed by atoms with Gasteiger partial charge in [0.2, 0.25) is 0 Å². The molecule has 3 nitrogen and oxygen atoms in total. The van der Waals surface area contributed by atoms with Crippen molar-refractivity contribution in [1.82, 2.24) is 0 Å². The SMILES string of the molecule is COC(=O)c1sc(-c2ccccc2I)c(C)c1N. The minimum atomic E-state index is -0.377. The summed E-state index contributed by atoms with van der Waals surface area (Å²) in [5.41, 5.74) is 8.52. The van der Waals surface area contributed by atoms with Crippen LogP contribution in [0.4, 0.5) is 5.69 Å². The van der Waals surface area contributed by atoms with Gasteiger partial charge in [-0.25, -0.2) is 4.79 Å². The Kier molecular flexibility index (Phi) is 3.91. The molecule has 5 heteroatoms. The lowest BCUT2D eigenvalue weighted by Crippen LogP contribution is -2.01. The summed E-state index contributed by atoms with van der Waals surface area (Å²) in [6, 6.07) is 8.02. The van der Waals surface area contributed by atoms with E-state index in [1.54, 1.807) is 0 Å². The van der Waals surface area contributed by atoms with Gasteiger partial charge in [-0.15, -0.1) is 11.3 Å². The van der Waals surface area contributed by atoms with Crippen LogP contribution in [-0.4, -0.2) is 13.1 Å². The van der Waals surface area contributed by atoms with Crippen molar-refractivity contribution in [3.8, 4) is 10.4 Å². The standard InChI is InChI=1S/C13H12INO2S/c1-7-10(15)12(13(16)17-2)18-11(7)8-5-3-4-6-9(8)14/h3-6H,15H2,1-2H3. The van der Waals surface area contributed by atoms with E-state index in [4.69, 9.17) is 10.5 Å². The first-order valence-electron chi connectivity index (χ1n) is 5.28. The Bertz CT molecular complexity index is 607. The van der Waals surface area contributed by atoms with E-state index in [9.17, 15) is 4.79 Å². The van der Waals surface area contributed by atoms with E-state index in [1.807, 2.05) is 31.2 Å². The van der Waals surface area contributed by atoms with Gasteiger partial charge < -0.3 is 10.5 Å². The Hall–Kier alpha value is -1.08. The van der Waals surface area contributed by atoms with Gasteiger partial charge in [0.15, 0.2) is 0 Å². The fourth-order valence-corrected chi connectivity index (χ4v) is 3.70. The molecule has 94 valence electrons. The fourth-order valence-electron chi connectivity index (χ4n) is 1.67. The number of nitrogen functional groups attached to an aromatic ring is 1. The lowest BCUT2D eigenvalue weighted by Gasteiger charge is -2.02. The molecule has 1 aromatic carbocycles. The maximum absolute atomic E-state index is 11.6. The van der Waals surface area contributed by atoms with Crippen LogP contribution >= 0.6 is 33.9 Å². The molecule has 0 saturated carbocycles. The normalized spacial score (nSPS) is 10.4. The minimum Gasteiger partial charge on any atom is -0.465 e. The Morgan fingerprint density at radius 2 is 2.06 bits per heavy atom. The van der Waals surface area contributed by atoms with E-state index in [-0.39, 0.29) is 5.97 Å². The number of halogens is 1. The maximum atomic E-state index is 11.6. The highest BCUT2D eigenvalue weighted by atomic mass is 127. The van der Waals surface area contributed by atoms with Gasteiger partial charge in [0, 0.05) is 14.0 Å². The number of methoxy groups -OCH3 is 1. The number of hydrogen-bond donors (Lipinski definition) is 1. The summed E-state index contributed by atoms with van der Waals surface area (Å²) in [5.74, 6) is -0.377. The number of benzene rings is 1. The average molecular weight is 373 g/mol. The van der Waals surface area contributed by atoms with Crippen LogP contribution in [0.15, 0.2) is 24.3 Å². The number of carbonyl (C=O) groups excluding carboxylic acids is 1. The summed E-state index contributed by atoms with van der Waals surface area (Å²) in [4.78, 5) is 13.1. The Balaban J connectivity index is 2.60. The van der Waals surface area contributed by atoms with Crippen molar-refractivity contribution in [3.63, 3.8) is 0 Å². The van der Waals surface area contributed by atoms with Gasteiger partial charge in [-0.3, -0.25) is 0 Å². The van der Waals surface area contributed by atoms with Crippen molar-refractivity contribution >= 4 is 45.6 Å². The van der Waals surface area contributed by atoms with Crippen molar-refractivity contribution < 1.29 is 9.53 Å². The first-order chi connectivity index (χ1) is 8.56. The van der Waals surface area contributed by atoms with Gasteiger partial charge in [0.05, 0.1) is 12.8 Å². The maximum Gasteiger partial charge on any atom is 0.350 e. The molecule has 0 aliphatic heterocycles. The van der Waals surface area contributed by atoms with Gasteiger partial charge in [0.25, 0.3) is 0 Å². The molecule has 2 rings (SSSR count). The quantitative estimate of drug-likeness (QED) is 0.645. The molecule has 0 aliphatic carbocycles. The van der Waals surface area contributed by atoms with Crippen LogP contribution in [0.5, 0.6) is 0 Å². The van der Waals surface area contributed by atoms with E-state index >= 15 is 0 Å². The summed E-state index contributed by atoms with van der Waals surface area (Å²) >= 11 is 3.66. The van der Waals surface area contributed by atoms with Crippen LogP contribution in [-0.2, 0) is 4.74 Å². The van der Waals surface area contributed by atoms with Gasteiger partial charge >= 0.3 is 5.97 Å². The molecule has 1 aromatic heterocycles. The van der Waals surface area contributed by atoms with Crippen molar-refractivity contribution in [2.24, 2.45) is 0 Å². The smallest absolute Gasteiger partial charge is 0.350 e. The van der Waals surface area contributed by atoms with E-state index in [0.717, 1.165) is 19.6 Å². The molecule has 0 amide bonds. The van der Waals surface area contributed by atoms with Gasteiger partial charge in [-0.2, -0.15) is 0 Å². The molecule has 0 aliphatic rings. The fraction of sp³-hybridized carbons (Fsp3) is 0.154. The third kappa shape index (κ3) is 2.24. The van der Waals surface area contributed by atoms with Gasteiger partial charge in [0.1, 0.15) is 4.88 Å². The Morgan fingerprint density at radius 1 is 1.39 bits per heavy atom. The van der Waals surface area contributed by atoms with Crippen molar-refractivity contribution in [2.45, 2.75) is 6.92 Å². The number of nitrogens with two attached hydrogens (primary N) is 1. The summed E-state index contributed by atoms with van der Waals surface area (Å²) in [6.45, 7) is 1.93. The van der Waals surface area contributed by atoms with Crippen molar-refractivity contribution in [1.29, 1.82) is 0 Å². The van der Waals surface area contributed by atoms with Crippen LogP contribution in [0, 0.1) is 10.5 Å². The van der Waals surface area contributed by atoms with Crippen molar-refractivity contribution in [3.05, 3.63) is 38.3 Å². The summed E-state index contributed by atoms with van der Waals surface area (Å²) in [5, 5.41) is 0. The molecule has 1 heterocycles. The largest absolute Gasteiger partial charge is 0.465 e. The lowest BCUT2D eigenvalue weighted by molar-refractivity contribution is 0.0607. The first kappa shape index (κ1) is 13.4. The lowest BCUT2D eigenvalue weighted by atomic mass is 10.1. The number of ether oxygens (including phenoxy) is 1. The van der Waals surface area contributed by atoms with Crippen LogP contribution < -0.4 is 5.73 Å². The summed E-state index contributed by atoms with van der Waals surface area (Å²) in [6.07, 6.45) is 0. The highest BCUT2D eigenvalue weighted by molar-refractivity contribution is 14.1. The Labute approximate surface area is 123 Å². The number of anilines is 1. The number of rotatable bonds is 2. The van der Waals surface area contributed by atoms with Crippen LogP contribution in [0.3, 0.4) is 0 Å². The van der Waals surface area contributed by atoms with Crippen LogP contribution in [0.25, 0.3) is 10.4 Å². The number of carbonyl (C=O) groups is 1. The first-order valence-corrected chi connectivity index (χ1v) is 7.17. The van der Waals surface area contributed by atoms with Crippen molar-refractivity contribution in [2.75, 3.05) is 12.8 Å². The van der Waals surface area contributed by atoms with Crippen LogP contribution in [0.1, 0.15) is 15.2 Å². The number of hydrogen-bond acceptors (Lipinski definition) is 4. The van der Waals surface area contributed by atoms with Crippen LogP contribution in [0.2, 0.25) is 0 Å². The molecular formula is C13H12INO2S. The number of esters is 1. The molecule has 0 saturated heterocycles. The average Bonchev–Trinajstić information content (AvgIpc) is 2.67.